The van der Waals surface area contributed by atoms with Gasteiger partial charge in [0.05, 0.1) is 29.4 Å². The second-order valence-electron chi connectivity index (χ2n) is 17.6. The van der Waals surface area contributed by atoms with Crippen LogP contribution in [0.15, 0.2) is 42.5 Å². The lowest BCUT2D eigenvalue weighted by atomic mass is 9.98. The van der Waals surface area contributed by atoms with Crippen molar-refractivity contribution in [1.29, 1.82) is 0 Å². The predicted octanol–water partition coefficient (Wildman–Crippen LogP) is 19.8. The largest absolute Gasteiger partial charge is 0.492 e. The van der Waals surface area contributed by atoms with Crippen LogP contribution in [0.4, 0.5) is 0 Å². The number of ether oxygens (including phenoxy) is 3. The van der Waals surface area contributed by atoms with Gasteiger partial charge >= 0.3 is 0 Å². The van der Waals surface area contributed by atoms with E-state index >= 15 is 0 Å². The lowest BCUT2D eigenvalue weighted by Gasteiger charge is -2.19. The van der Waals surface area contributed by atoms with Crippen LogP contribution in [0.2, 0.25) is 0 Å². The third-order valence-corrected chi connectivity index (χ3v) is 17.0. The van der Waals surface area contributed by atoms with Gasteiger partial charge in [-0.1, -0.05) is 154 Å². The molecule has 3 aromatic carbocycles. The summed E-state index contributed by atoms with van der Waals surface area (Å²) in [5, 5.41) is 9.69. The van der Waals surface area contributed by atoms with Crippen LogP contribution in [0.1, 0.15) is 172 Å². The van der Waals surface area contributed by atoms with Crippen LogP contribution in [0.5, 0.6) is 16.6 Å². The molecule has 4 heterocycles. The van der Waals surface area contributed by atoms with E-state index in [1.54, 1.807) is 0 Å². The number of rotatable bonds is 29. The molecule has 0 amide bonds. The molecule has 0 bridgehead atoms. The van der Waals surface area contributed by atoms with E-state index in [0.29, 0.717) is 0 Å². The first-order chi connectivity index (χ1) is 30.0. The molecular formula is C54H72O3S4. The summed E-state index contributed by atoms with van der Waals surface area (Å²) in [6.07, 6.45) is 28.4. The molecule has 0 N–H and O–H groups in total. The minimum Gasteiger partial charge on any atom is -0.492 e. The van der Waals surface area contributed by atoms with Crippen molar-refractivity contribution in [2.45, 2.75) is 176 Å². The van der Waals surface area contributed by atoms with Gasteiger partial charge in [-0.2, -0.15) is 0 Å². The first-order valence-corrected chi connectivity index (χ1v) is 27.5. The molecule has 0 saturated carbocycles. The van der Waals surface area contributed by atoms with Gasteiger partial charge in [0.15, 0.2) is 5.06 Å². The summed E-state index contributed by atoms with van der Waals surface area (Å²) in [5.41, 5.74) is 0. The van der Waals surface area contributed by atoms with E-state index in [1.807, 2.05) is 45.3 Å². The highest BCUT2D eigenvalue weighted by molar-refractivity contribution is 7.31. The molecule has 330 valence electrons. The monoisotopic (exact) mass is 896 g/mol. The number of thiophene rings is 4. The Labute approximate surface area is 383 Å². The highest BCUT2D eigenvalue weighted by Gasteiger charge is 2.22. The van der Waals surface area contributed by atoms with Crippen LogP contribution in [0.25, 0.3) is 61.6 Å². The van der Waals surface area contributed by atoms with E-state index in [2.05, 4.69) is 77.1 Å². The van der Waals surface area contributed by atoms with Gasteiger partial charge in [-0.25, -0.2) is 0 Å². The van der Waals surface area contributed by atoms with Crippen molar-refractivity contribution in [3.05, 3.63) is 52.2 Å². The maximum Gasteiger partial charge on any atom is 0.175 e. The van der Waals surface area contributed by atoms with Crippen molar-refractivity contribution in [3.63, 3.8) is 0 Å². The molecule has 0 aliphatic carbocycles. The Balaban J connectivity index is 1.16. The van der Waals surface area contributed by atoms with Gasteiger partial charge in [0.25, 0.3) is 0 Å². The topological polar surface area (TPSA) is 27.7 Å². The van der Waals surface area contributed by atoms with Gasteiger partial charge < -0.3 is 14.2 Å². The molecule has 4 aromatic heterocycles. The van der Waals surface area contributed by atoms with Crippen molar-refractivity contribution in [2.24, 2.45) is 0 Å². The molecule has 7 aromatic rings. The van der Waals surface area contributed by atoms with Crippen molar-refractivity contribution >= 4 is 97.2 Å². The smallest absolute Gasteiger partial charge is 0.175 e. The first-order valence-electron chi connectivity index (χ1n) is 24.3. The summed E-state index contributed by atoms with van der Waals surface area (Å²) in [7, 11) is 0. The fourth-order valence-corrected chi connectivity index (χ4v) is 13.5. The number of benzene rings is 3. The molecule has 0 atom stereocenters. The van der Waals surface area contributed by atoms with Gasteiger partial charge in [0.1, 0.15) is 11.5 Å². The van der Waals surface area contributed by atoms with Gasteiger partial charge in [-0.15, -0.1) is 34.0 Å². The van der Waals surface area contributed by atoms with Crippen LogP contribution in [-0.2, 0) is 0 Å². The molecule has 7 rings (SSSR count). The minimum atomic E-state index is 0.733. The summed E-state index contributed by atoms with van der Waals surface area (Å²) in [6.45, 7) is 13.6. The first kappa shape index (κ1) is 46.2. The highest BCUT2D eigenvalue weighted by atomic mass is 32.1. The Morgan fingerprint density at radius 2 is 0.836 bits per heavy atom. The predicted molar refractivity (Wildman–Crippen MR) is 275 cm³/mol. The van der Waals surface area contributed by atoms with E-state index in [0.717, 1.165) is 55.6 Å². The second kappa shape index (κ2) is 23.7. The quantitative estimate of drug-likeness (QED) is 0.0346. The van der Waals surface area contributed by atoms with E-state index < -0.39 is 0 Å². The fourth-order valence-electron chi connectivity index (χ4n) is 8.93. The molecule has 0 aliphatic rings. The summed E-state index contributed by atoms with van der Waals surface area (Å²) >= 11 is 7.56. The number of fused-ring (bicyclic) bond motifs is 5. The Morgan fingerprint density at radius 1 is 0.393 bits per heavy atom. The van der Waals surface area contributed by atoms with Crippen molar-refractivity contribution < 1.29 is 14.2 Å². The van der Waals surface area contributed by atoms with E-state index in [4.69, 9.17) is 14.2 Å². The molecule has 0 aliphatic heterocycles. The zero-order valence-electron chi connectivity index (χ0n) is 38.1. The Kier molecular flexibility index (Phi) is 18.0. The number of hydrogen-bond donors (Lipinski definition) is 0. The molecule has 0 unspecified atom stereocenters. The molecule has 0 fully saturated rings. The summed E-state index contributed by atoms with van der Waals surface area (Å²) < 4.78 is 24.3. The van der Waals surface area contributed by atoms with Gasteiger partial charge in [0.2, 0.25) is 0 Å². The van der Waals surface area contributed by atoms with Crippen molar-refractivity contribution in [2.75, 3.05) is 19.8 Å². The third-order valence-electron chi connectivity index (χ3n) is 12.4. The van der Waals surface area contributed by atoms with Crippen LogP contribution in [0.3, 0.4) is 0 Å². The average Bonchev–Trinajstić information content (AvgIpc) is 4.04. The summed E-state index contributed by atoms with van der Waals surface area (Å²) in [6, 6.07) is 16.7. The summed E-state index contributed by atoms with van der Waals surface area (Å²) in [5.74, 6) is 2.04. The zero-order chi connectivity index (χ0) is 42.4. The van der Waals surface area contributed by atoms with Gasteiger partial charge in [0, 0.05) is 57.0 Å². The summed E-state index contributed by atoms with van der Waals surface area (Å²) in [4.78, 5) is 5.41. The molecular weight excluding hydrogens is 825 g/mol. The molecule has 3 nitrogen and oxygen atoms in total. The molecule has 0 radical (unpaired) electrons. The Hall–Kier alpha value is -2.84. The third kappa shape index (κ3) is 12.0. The van der Waals surface area contributed by atoms with E-state index in [-0.39, 0.29) is 0 Å². The Bertz CT molecular complexity index is 2310. The molecule has 61 heavy (non-hydrogen) atoms. The molecule has 7 heteroatoms. The normalized spacial score (nSPS) is 12.0. The zero-order valence-corrected chi connectivity index (χ0v) is 41.3. The van der Waals surface area contributed by atoms with Crippen molar-refractivity contribution in [1.82, 2.24) is 0 Å². The highest BCUT2D eigenvalue weighted by Crippen LogP contribution is 2.51. The van der Waals surface area contributed by atoms with E-state index in [9.17, 15) is 0 Å². The van der Waals surface area contributed by atoms with Crippen molar-refractivity contribution in [3.8, 4) is 26.3 Å². The molecule has 0 saturated heterocycles. The molecule has 0 spiro atoms. The maximum atomic E-state index is 6.96. The SMILES string of the molecule is CCCCCCCCCCCCOc1cc2c(C)sc(-c3cc4cc5c(OCCCCCCCC)c6cc7sc(C)cc7cc6c(OCCCCCCCC)c5cc4s3)c2s1. The average molecular weight is 897 g/mol. The number of unbranched alkanes of at least 4 members (excludes halogenated alkanes) is 19. The van der Waals surface area contributed by atoms with Crippen LogP contribution in [0, 0.1) is 13.8 Å². The lowest BCUT2D eigenvalue weighted by Crippen LogP contribution is -2.02. The lowest BCUT2D eigenvalue weighted by molar-refractivity contribution is 0.306. The second-order valence-corrected chi connectivity index (χ2v) is 22.2. The number of aryl methyl sites for hydroxylation is 2. The Morgan fingerprint density at radius 3 is 1.36 bits per heavy atom. The number of hydrogen-bond acceptors (Lipinski definition) is 7. The van der Waals surface area contributed by atoms with Crippen LogP contribution in [-0.4, -0.2) is 19.8 Å². The van der Waals surface area contributed by atoms with Gasteiger partial charge in [-0.3, -0.25) is 0 Å². The minimum absolute atomic E-state index is 0.733. The van der Waals surface area contributed by atoms with Crippen LogP contribution < -0.4 is 14.2 Å². The standard InChI is InChI=1S/C54H72O3S4/c1-6-9-12-15-18-19-20-21-24-25-28-55-50-37-42-39(5)59-54(53(42)61-50)49-34-41-33-44-46(36-48(41)60-49)51(56-29-26-22-16-13-10-7-2)43-32-40-31-38(4)58-47(40)35-45(43)52(44)57-30-27-23-17-14-11-8-3/h31-37H,6-30H2,1-5H3. The maximum absolute atomic E-state index is 6.96. The van der Waals surface area contributed by atoms with Gasteiger partial charge in [-0.05, 0) is 80.3 Å². The fraction of sp³-hybridized carbons (Fsp3) is 0.556. The van der Waals surface area contributed by atoms with E-state index in [1.165, 1.54) is 193 Å². The van der Waals surface area contributed by atoms with Crippen LogP contribution >= 0.6 is 45.3 Å².